The van der Waals surface area contributed by atoms with Crippen molar-refractivity contribution in [2.24, 2.45) is 0 Å². The van der Waals surface area contributed by atoms with Gasteiger partial charge in [-0.1, -0.05) is 12.8 Å². The second kappa shape index (κ2) is 2.50. The first-order valence-electron chi connectivity index (χ1n) is 3.01. The van der Waals surface area contributed by atoms with Crippen LogP contribution in [0.1, 0.15) is 11.4 Å². The molecule has 0 amide bonds. The van der Waals surface area contributed by atoms with Gasteiger partial charge in [-0.05, 0) is 13.8 Å². The van der Waals surface area contributed by atoms with Gasteiger partial charge in [-0.15, -0.1) is 0 Å². The van der Waals surface area contributed by atoms with Crippen LogP contribution >= 0.6 is 12.8 Å². The fraction of sp³-hybridized carbons (Fsp3) is 0.286. The van der Waals surface area contributed by atoms with Crippen LogP contribution in [-0.2, 0) is 0 Å². The maximum Gasteiger partial charge on any atom is 0.182 e. The fourth-order valence-corrected chi connectivity index (χ4v) is 0.969. The molecule has 0 saturated carbocycles. The Kier molecular flexibility index (Phi) is 1.85. The molecule has 54 valence electrons. The Morgan fingerprint density at radius 1 is 1.30 bits per heavy atom. The SMILES string of the molecule is Cc1cc(=O)cc(C)n1S. The first kappa shape index (κ1) is 7.41. The Hall–Kier alpha value is -0.700. The average Bonchev–Trinajstić information content (AvgIpc) is 1.82. The van der Waals surface area contributed by atoms with Gasteiger partial charge < -0.3 is 0 Å². The van der Waals surface area contributed by atoms with Crippen LogP contribution in [0.2, 0.25) is 0 Å². The summed E-state index contributed by atoms with van der Waals surface area (Å²) in [6, 6.07) is 3.11. The summed E-state index contributed by atoms with van der Waals surface area (Å²) in [4.78, 5) is 10.8. The molecule has 0 aliphatic carbocycles. The lowest BCUT2D eigenvalue weighted by Gasteiger charge is -2.04. The number of nitrogens with zero attached hydrogens (tertiary/aromatic N) is 1. The molecule has 0 aliphatic rings. The van der Waals surface area contributed by atoms with Crippen LogP contribution in [0.15, 0.2) is 16.9 Å². The van der Waals surface area contributed by atoms with E-state index in [0.29, 0.717) is 0 Å². The standard InChI is InChI=1S/C7H9NOS/c1-5-3-7(9)4-6(2)8(5)10/h3-4,10H,1-2H3. The predicted molar refractivity (Wildman–Crippen MR) is 44.6 cm³/mol. The topological polar surface area (TPSA) is 22.0 Å². The minimum absolute atomic E-state index is 0.0419. The van der Waals surface area contributed by atoms with E-state index >= 15 is 0 Å². The van der Waals surface area contributed by atoms with E-state index in [1.165, 1.54) is 0 Å². The molecule has 0 saturated heterocycles. The molecule has 1 aromatic heterocycles. The Balaban J connectivity index is 3.46. The summed E-state index contributed by atoms with van der Waals surface area (Å²) in [5.41, 5.74) is 1.78. The van der Waals surface area contributed by atoms with Gasteiger partial charge in [0.2, 0.25) is 0 Å². The zero-order valence-electron chi connectivity index (χ0n) is 5.96. The molecule has 0 N–H and O–H groups in total. The molecule has 1 rings (SSSR count). The third-order valence-corrected chi connectivity index (χ3v) is 2.00. The highest BCUT2D eigenvalue weighted by Crippen LogP contribution is 2.01. The smallest absolute Gasteiger partial charge is 0.182 e. The highest BCUT2D eigenvalue weighted by Gasteiger charge is 1.94. The first-order valence-corrected chi connectivity index (χ1v) is 3.41. The molecule has 0 fully saturated rings. The predicted octanol–water partition coefficient (Wildman–Crippen LogP) is 1.16. The quantitative estimate of drug-likeness (QED) is 0.558. The van der Waals surface area contributed by atoms with Gasteiger partial charge in [0.25, 0.3) is 0 Å². The third-order valence-electron chi connectivity index (χ3n) is 1.37. The van der Waals surface area contributed by atoms with Crippen molar-refractivity contribution in [3.63, 3.8) is 0 Å². The Morgan fingerprint density at radius 2 is 1.70 bits per heavy atom. The Bertz CT molecular complexity index is 277. The molecule has 0 aliphatic heterocycles. The summed E-state index contributed by atoms with van der Waals surface area (Å²) in [6.07, 6.45) is 0. The third kappa shape index (κ3) is 1.24. The summed E-state index contributed by atoms with van der Waals surface area (Å²) < 4.78 is 1.68. The normalized spacial score (nSPS) is 9.90. The van der Waals surface area contributed by atoms with Gasteiger partial charge in [0.15, 0.2) is 5.43 Å². The van der Waals surface area contributed by atoms with Gasteiger partial charge in [-0.3, -0.25) is 8.77 Å². The number of thiol groups is 1. The summed E-state index contributed by atoms with van der Waals surface area (Å²) in [5.74, 6) is 0. The second-order valence-corrected chi connectivity index (χ2v) is 2.69. The highest BCUT2D eigenvalue weighted by atomic mass is 32.1. The zero-order chi connectivity index (χ0) is 7.72. The minimum atomic E-state index is 0.0419. The van der Waals surface area contributed by atoms with Crippen molar-refractivity contribution < 1.29 is 0 Å². The van der Waals surface area contributed by atoms with Gasteiger partial charge in [0, 0.05) is 23.5 Å². The van der Waals surface area contributed by atoms with E-state index in [1.807, 2.05) is 13.8 Å². The maximum absolute atomic E-state index is 10.8. The summed E-state index contributed by atoms with van der Waals surface area (Å²) in [6.45, 7) is 3.70. The van der Waals surface area contributed by atoms with Crippen LogP contribution in [0, 0.1) is 13.8 Å². The Labute approximate surface area is 65.0 Å². The Morgan fingerprint density at radius 3 is 2.10 bits per heavy atom. The lowest BCUT2D eigenvalue weighted by atomic mass is 10.3. The van der Waals surface area contributed by atoms with Gasteiger partial charge in [-0.25, -0.2) is 0 Å². The monoisotopic (exact) mass is 155 g/mol. The van der Waals surface area contributed by atoms with Crippen LogP contribution in [0.4, 0.5) is 0 Å². The average molecular weight is 155 g/mol. The fourth-order valence-electron chi connectivity index (χ4n) is 0.854. The minimum Gasteiger partial charge on any atom is -0.296 e. The molecule has 1 aromatic rings. The molecule has 0 aromatic carbocycles. The number of hydrogen-bond donors (Lipinski definition) is 1. The van der Waals surface area contributed by atoms with Crippen LogP contribution < -0.4 is 5.43 Å². The van der Waals surface area contributed by atoms with E-state index in [0.717, 1.165) is 11.4 Å². The van der Waals surface area contributed by atoms with E-state index in [4.69, 9.17) is 0 Å². The highest BCUT2D eigenvalue weighted by molar-refractivity contribution is 7.78. The summed E-state index contributed by atoms with van der Waals surface area (Å²) in [5, 5.41) is 0. The number of pyridine rings is 1. The van der Waals surface area contributed by atoms with E-state index in [2.05, 4.69) is 12.8 Å². The van der Waals surface area contributed by atoms with Crippen molar-refractivity contribution in [3.8, 4) is 0 Å². The lowest BCUT2D eigenvalue weighted by Crippen LogP contribution is -2.05. The summed E-state index contributed by atoms with van der Waals surface area (Å²) in [7, 11) is 0. The van der Waals surface area contributed by atoms with Crippen molar-refractivity contribution in [1.29, 1.82) is 0 Å². The lowest BCUT2D eigenvalue weighted by molar-refractivity contribution is 1.05. The van der Waals surface area contributed by atoms with Crippen LogP contribution in [0.5, 0.6) is 0 Å². The van der Waals surface area contributed by atoms with Crippen molar-refractivity contribution in [1.82, 2.24) is 3.97 Å². The second-order valence-electron chi connectivity index (χ2n) is 2.29. The van der Waals surface area contributed by atoms with Gasteiger partial charge >= 0.3 is 0 Å². The molecule has 0 radical (unpaired) electrons. The molecular formula is C7H9NOS. The summed E-state index contributed by atoms with van der Waals surface area (Å²) >= 11 is 4.14. The molecule has 1 heterocycles. The number of aryl methyl sites for hydroxylation is 2. The van der Waals surface area contributed by atoms with Crippen molar-refractivity contribution in [2.45, 2.75) is 13.8 Å². The molecular weight excluding hydrogens is 146 g/mol. The van der Waals surface area contributed by atoms with Crippen molar-refractivity contribution in [3.05, 3.63) is 33.7 Å². The van der Waals surface area contributed by atoms with Crippen molar-refractivity contribution >= 4 is 12.8 Å². The van der Waals surface area contributed by atoms with E-state index in [-0.39, 0.29) is 5.43 Å². The molecule has 0 unspecified atom stereocenters. The molecule has 0 bridgehead atoms. The van der Waals surface area contributed by atoms with E-state index in [9.17, 15) is 4.79 Å². The number of hydrogen-bond acceptors (Lipinski definition) is 2. The zero-order valence-corrected chi connectivity index (χ0v) is 6.85. The van der Waals surface area contributed by atoms with Crippen LogP contribution in [0.3, 0.4) is 0 Å². The van der Waals surface area contributed by atoms with E-state index < -0.39 is 0 Å². The molecule has 0 spiro atoms. The van der Waals surface area contributed by atoms with Gasteiger partial charge in [-0.2, -0.15) is 0 Å². The van der Waals surface area contributed by atoms with Crippen LogP contribution in [0.25, 0.3) is 0 Å². The number of aromatic nitrogens is 1. The van der Waals surface area contributed by atoms with Gasteiger partial charge in [0.1, 0.15) is 0 Å². The van der Waals surface area contributed by atoms with Gasteiger partial charge in [0.05, 0.1) is 0 Å². The molecule has 0 atom stereocenters. The maximum atomic E-state index is 10.8. The molecule has 10 heavy (non-hydrogen) atoms. The molecule has 2 nitrogen and oxygen atoms in total. The van der Waals surface area contributed by atoms with E-state index in [1.54, 1.807) is 16.1 Å². The first-order chi connectivity index (χ1) is 4.61. The van der Waals surface area contributed by atoms with Crippen molar-refractivity contribution in [2.75, 3.05) is 0 Å². The molecule has 3 heteroatoms. The van der Waals surface area contributed by atoms with Crippen LogP contribution in [-0.4, -0.2) is 3.97 Å². The number of rotatable bonds is 0. The largest absolute Gasteiger partial charge is 0.296 e.